The van der Waals surface area contributed by atoms with E-state index in [0.717, 1.165) is 44.2 Å². The standard InChI is InChI=1S/C24H20BrN5/c25-18-11-12-21-19(13-18)23(17-9-5-2-6-10-17)27-15-22-28-29-24(30(21)22)20(14-26)16-7-3-1-4-8-16/h1-13,20H,14-15,26H2. The van der Waals surface area contributed by atoms with Gasteiger partial charge in [-0.3, -0.25) is 9.56 Å². The lowest BCUT2D eigenvalue weighted by Crippen LogP contribution is -2.19. The van der Waals surface area contributed by atoms with Crippen molar-refractivity contribution in [3.05, 3.63) is 112 Å². The van der Waals surface area contributed by atoms with Crippen molar-refractivity contribution in [3.8, 4) is 5.69 Å². The van der Waals surface area contributed by atoms with E-state index in [1.165, 1.54) is 0 Å². The zero-order chi connectivity index (χ0) is 20.5. The Morgan fingerprint density at radius 1 is 0.933 bits per heavy atom. The maximum Gasteiger partial charge on any atom is 0.159 e. The second-order valence-corrected chi connectivity index (χ2v) is 8.12. The van der Waals surface area contributed by atoms with Crippen molar-refractivity contribution < 1.29 is 0 Å². The summed E-state index contributed by atoms with van der Waals surface area (Å²) in [5.74, 6) is 1.60. The van der Waals surface area contributed by atoms with E-state index in [4.69, 9.17) is 10.7 Å². The molecule has 4 aromatic rings. The third-order valence-electron chi connectivity index (χ3n) is 5.38. The first-order valence-electron chi connectivity index (χ1n) is 9.85. The molecule has 3 aromatic carbocycles. The lowest BCUT2D eigenvalue weighted by molar-refractivity contribution is 0.720. The topological polar surface area (TPSA) is 69.1 Å². The van der Waals surface area contributed by atoms with Gasteiger partial charge in [-0.25, -0.2) is 0 Å². The minimum atomic E-state index is -0.0535. The largest absolute Gasteiger partial charge is 0.329 e. The van der Waals surface area contributed by atoms with E-state index < -0.39 is 0 Å². The molecule has 0 bridgehead atoms. The molecule has 6 heteroatoms. The van der Waals surface area contributed by atoms with E-state index in [1.807, 2.05) is 42.5 Å². The van der Waals surface area contributed by atoms with Gasteiger partial charge < -0.3 is 5.73 Å². The van der Waals surface area contributed by atoms with Crippen molar-refractivity contribution in [1.29, 1.82) is 0 Å². The van der Waals surface area contributed by atoms with Crippen molar-refractivity contribution in [1.82, 2.24) is 14.8 Å². The fourth-order valence-electron chi connectivity index (χ4n) is 3.97. The number of aromatic nitrogens is 3. The Morgan fingerprint density at radius 3 is 2.40 bits per heavy atom. The first kappa shape index (κ1) is 18.9. The molecule has 0 saturated heterocycles. The molecule has 5 nitrogen and oxygen atoms in total. The summed E-state index contributed by atoms with van der Waals surface area (Å²) in [7, 11) is 0. The van der Waals surface area contributed by atoms with Crippen molar-refractivity contribution >= 4 is 21.6 Å². The van der Waals surface area contributed by atoms with E-state index in [9.17, 15) is 0 Å². The molecule has 1 aliphatic heterocycles. The summed E-state index contributed by atoms with van der Waals surface area (Å²) in [6, 6.07) is 26.7. The third-order valence-corrected chi connectivity index (χ3v) is 5.88. The number of hydrogen-bond acceptors (Lipinski definition) is 4. The van der Waals surface area contributed by atoms with Crippen LogP contribution in [-0.4, -0.2) is 27.0 Å². The van der Waals surface area contributed by atoms with E-state index in [-0.39, 0.29) is 5.92 Å². The number of benzene rings is 3. The van der Waals surface area contributed by atoms with Gasteiger partial charge >= 0.3 is 0 Å². The van der Waals surface area contributed by atoms with Crippen molar-refractivity contribution in [3.63, 3.8) is 0 Å². The monoisotopic (exact) mass is 457 g/mol. The lowest BCUT2D eigenvalue weighted by atomic mass is 9.97. The molecule has 0 amide bonds. The van der Waals surface area contributed by atoms with Crippen LogP contribution in [-0.2, 0) is 6.54 Å². The SMILES string of the molecule is NCC(c1ccccc1)c1nnc2n1-c1ccc(Br)cc1C(c1ccccc1)=NC2. The number of halogens is 1. The molecule has 2 heterocycles. The van der Waals surface area contributed by atoms with Crippen LogP contribution in [0.25, 0.3) is 5.69 Å². The molecule has 5 rings (SSSR count). The zero-order valence-electron chi connectivity index (χ0n) is 16.2. The van der Waals surface area contributed by atoms with E-state index in [2.05, 4.69) is 67.1 Å². The Bertz CT molecular complexity index is 1220. The Balaban J connectivity index is 1.71. The van der Waals surface area contributed by atoms with Crippen LogP contribution >= 0.6 is 15.9 Å². The Hall–Kier alpha value is -3.09. The molecular weight excluding hydrogens is 438 g/mol. The molecule has 0 spiro atoms. The Kier molecular flexibility index (Phi) is 5.02. The highest BCUT2D eigenvalue weighted by Gasteiger charge is 2.27. The van der Waals surface area contributed by atoms with Crippen LogP contribution in [0.3, 0.4) is 0 Å². The highest BCUT2D eigenvalue weighted by atomic mass is 79.9. The molecule has 1 unspecified atom stereocenters. The molecule has 0 aliphatic carbocycles. The van der Waals surface area contributed by atoms with Gasteiger partial charge in [0.2, 0.25) is 0 Å². The van der Waals surface area contributed by atoms with Gasteiger partial charge in [-0.2, -0.15) is 0 Å². The van der Waals surface area contributed by atoms with Crippen molar-refractivity contribution in [2.75, 3.05) is 6.54 Å². The molecule has 148 valence electrons. The summed E-state index contributed by atoms with van der Waals surface area (Å²) in [5, 5.41) is 9.06. The summed E-state index contributed by atoms with van der Waals surface area (Å²) in [4.78, 5) is 4.93. The highest BCUT2D eigenvalue weighted by molar-refractivity contribution is 9.10. The minimum Gasteiger partial charge on any atom is -0.329 e. The van der Waals surface area contributed by atoms with Gasteiger partial charge in [0.05, 0.1) is 17.3 Å². The summed E-state index contributed by atoms with van der Waals surface area (Å²) < 4.78 is 3.13. The number of hydrogen-bond donors (Lipinski definition) is 1. The fourth-order valence-corrected chi connectivity index (χ4v) is 4.33. The number of fused-ring (bicyclic) bond motifs is 3. The van der Waals surface area contributed by atoms with E-state index >= 15 is 0 Å². The molecule has 2 N–H and O–H groups in total. The number of nitrogens with two attached hydrogens (primary N) is 1. The molecular formula is C24H20BrN5. The molecule has 1 atom stereocenters. The summed E-state index contributed by atoms with van der Waals surface area (Å²) in [6.45, 7) is 0.899. The zero-order valence-corrected chi connectivity index (χ0v) is 17.8. The van der Waals surface area contributed by atoms with Crippen molar-refractivity contribution in [2.24, 2.45) is 10.7 Å². The maximum absolute atomic E-state index is 6.21. The summed E-state index contributed by atoms with van der Waals surface area (Å²) in [6.07, 6.45) is 0. The summed E-state index contributed by atoms with van der Waals surface area (Å²) >= 11 is 3.63. The number of nitrogens with zero attached hydrogens (tertiary/aromatic N) is 4. The maximum atomic E-state index is 6.21. The average molecular weight is 458 g/mol. The lowest BCUT2D eigenvalue weighted by Gasteiger charge is -2.19. The minimum absolute atomic E-state index is 0.0535. The molecule has 0 fully saturated rings. The Morgan fingerprint density at radius 2 is 1.67 bits per heavy atom. The molecule has 1 aliphatic rings. The van der Waals surface area contributed by atoms with Crippen LogP contribution < -0.4 is 5.73 Å². The normalized spacial score (nSPS) is 13.7. The first-order valence-corrected chi connectivity index (χ1v) is 10.6. The van der Waals surface area contributed by atoms with Crippen LogP contribution in [0.4, 0.5) is 0 Å². The number of rotatable bonds is 4. The smallest absolute Gasteiger partial charge is 0.159 e. The molecule has 0 saturated carbocycles. The Labute approximate surface area is 183 Å². The van der Waals surface area contributed by atoms with Gasteiger partial charge in [0.15, 0.2) is 5.82 Å². The molecule has 1 aromatic heterocycles. The van der Waals surface area contributed by atoms with Gasteiger partial charge in [0, 0.05) is 22.1 Å². The van der Waals surface area contributed by atoms with Crippen molar-refractivity contribution in [2.45, 2.75) is 12.5 Å². The van der Waals surface area contributed by atoms with Crippen LogP contribution in [0.5, 0.6) is 0 Å². The quantitative estimate of drug-likeness (QED) is 0.491. The van der Waals surface area contributed by atoms with Gasteiger partial charge in [-0.1, -0.05) is 76.6 Å². The highest BCUT2D eigenvalue weighted by Crippen LogP contribution is 2.32. The van der Waals surface area contributed by atoms with E-state index in [0.29, 0.717) is 13.1 Å². The average Bonchev–Trinajstić information content (AvgIpc) is 3.12. The molecule has 0 radical (unpaired) electrons. The van der Waals surface area contributed by atoms with Crippen LogP contribution in [0.1, 0.15) is 34.3 Å². The first-order chi connectivity index (χ1) is 14.8. The van der Waals surface area contributed by atoms with Gasteiger partial charge in [0.25, 0.3) is 0 Å². The fraction of sp³-hybridized carbons (Fsp3) is 0.125. The third kappa shape index (κ3) is 3.28. The van der Waals surface area contributed by atoms with Gasteiger partial charge in [0.1, 0.15) is 12.4 Å². The van der Waals surface area contributed by atoms with Gasteiger partial charge in [-0.15, -0.1) is 10.2 Å². The number of aliphatic imine (C=N–C) groups is 1. The predicted octanol–water partition coefficient (Wildman–Crippen LogP) is 4.47. The van der Waals surface area contributed by atoms with Crippen LogP contribution in [0.2, 0.25) is 0 Å². The second-order valence-electron chi connectivity index (χ2n) is 7.20. The van der Waals surface area contributed by atoms with Crippen LogP contribution in [0, 0.1) is 0 Å². The predicted molar refractivity (Wildman–Crippen MR) is 122 cm³/mol. The van der Waals surface area contributed by atoms with Crippen LogP contribution in [0.15, 0.2) is 88.3 Å². The van der Waals surface area contributed by atoms with Gasteiger partial charge in [-0.05, 0) is 23.8 Å². The van der Waals surface area contributed by atoms with E-state index in [1.54, 1.807) is 0 Å². The molecule has 30 heavy (non-hydrogen) atoms. The second kappa shape index (κ2) is 7.97. The summed E-state index contributed by atoms with van der Waals surface area (Å²) in [5.41, 5.74) is 11.4.